The molecule has 0 spiro atoms. The molecule has 4 rings (SSSR count). The summed E-state index contributed by atoms with van der Waals surface area (Å²) >= 11 is 6.35. The number of anilines is 1. The van der Waals surface area contributed by atoms with Crippen LogP contribution in [0, 0.1) is 6.92 Å². The molecule has 3 aromatic rings. The van der Waals surface area contributed by atoms with Gasteiger partial charge in [-0.15, -0.1) is 0 Å². The Morgan fingerprint density at radius 1 is 1.25 bits per heavy atom. The molecule has 2 heterocycles. The highest BCUT2D eigenvalue weighted by molar-refractivity contribution is 6.35. The molecule has 1 unspecified atom stereocenters. The predicted molar refractivity (Wildman–Crippen MR) is 124 cm³/mol. The third-order valence-corrected chi connectivity index (χ3v) is 5.82. The number of aryl methyl sites for hydroxylation is 1. The van der Waals surface area contributed by atoms with Gasteiger partial charge in [-0.1, -0.05) is 41.4 Å². The molecule has 1 saturated heterocycles. The number of carboxylic acid groups (broad SMARTS) is 1. The number of halogens is 1. The lowest BCUT2D eigenvalue weighted by molar-refractivity contribution is 0.0696. The van der Waals surface area contributed by atoms with Crippen molar-refractivity contribution in [1.82, 2.24) is 14.9 Å². The Kier molecular flexibility index (Phi) is 6.58. The number of hydrogen-bond donors (Lipinski definition) is 2. The van der Waals surface area contributed by atoms with Gasteiger partial charge >= 0.3 is 5.97 Å². The number of benzene rings is 2. The molecule has 1 aromatic heterocycles. The van der Waals surface area contributed by atoms with Crippen LogP contribution in [0.5, 0.6) is 5.75 Å². The fourth-order valence-corrected chi connectivity index (χ4v) is 3.98. The first-order valence-corrected chi connectivity index (χ1v) is 10.8. The summed E-state index contributed by atoms with van der Waals surface area (Å²) < 4.78 is 6.06. The average Bonchev–Trinajstić information content (AvgIpc) is 3.18. The molecule has 2 aromatic carbocycles. The lowest BCUT2D eigenvalue weighted by Gasteiger charge is -2.17. The van der Waals surface area contributed by atoms with E-state index in [1.165, 1.54) is 11.6 Å². The molecule has 0 amide bonds. The highest BCUT2D eigenvalue weighted by Crippen LogP contribution is 2.35. The minimum absolute atomic E-state index is 0.00725. The molecule has 166 valence electrons. The molecule has 8 heteroatoms. The molecule has 0 radical (unpaired) electrons. The van der Waals surface area contributed by atoms with E-state index in [2.05, 4.69) is 39.2 Å². The molecule has 1 atom stereocenters. The van der Waals surface area contributed by atoms with Crippen LogP contribution in [-0.4, -0.2) is 52.2 Å². The molecule has 1 aliphatic rings. The van der Waals surface area contributed by atoms with Crippen molar-refractivity contribution >= 4 is 23.5 Å². The lowest BCUT2D eigenvalue weighted by atomic mass is 10.0. The monoisotopic (exact) mass is 452 g/mol. The van der Waals surface area contributed by atoms with Gasteiger partial charge in [-0.2, -0.15) is 0 Å². The van der Waals surface area contributed by atoms with Crippen molar-refractivity contribution in [2.45, 2.75) is 26.0 Å². The van der Waals surface area contributed by atoms with E-state index in [0.29, 0.717) is 29.4 Å². The number of nitrogens with zero attached hydrogens (tertiary/aromatic N) is 3. The van der Waals surface area contributed by atoms with Gasteiger partial charge in [0.25, 0.3) is 0 Å². The number of ether oxygens (including phenoxy) is 1. The Morgan fingerprint density at radius 3 is 2.69 bits per heavy atom. The van der Waals surface area contributed by atoms with Crippen molar-refractivity contribution in [2.24, 2.45) is 0 Å². The summed E-state index contributed by atoms with van der Waals surface area (Å²) in [5.41, 5.74) is 3.64. The van der Waals surface area contributed by atoms with Crippen LogP contribution in [0.15, 0.2) is 48.8 Å². The summed E-state index contributed by atoms with van der Waals surface area (Å²) in [4.78, 5) is 22.7. The highest BCUT2D eigenvalue weighted by Gasteiger charge is 2.24. The van der Waals surface area contributed by atoms with Crippen LogP contribution in [0.2, 0.25) is 5.02 Å². The topological polar surface area (TPSA) is 87.6 Å². The SMILES string of the molecule is Cc1cccc(CNc2ncc(-c3cc(OC4CCN(C)C4)c(Cl)c(C(=O)O)c3)cn2)c1. The van der Waals surface area contributed by atoms with Crippen LogP contribution in [-0.2, 0) is 6.54 Å². The van der Waals surface area contributed by atoms with Gasteiger partial charge in [0, 0.05) is 37.6 Å². The van der Waals surface area contributed by atoms with Crippen LogP contribution in [0.4, 0.5) is 5.95 Å². The summed E-state index contributed by atoms with van der Waals surface area (Å²) in [5.74, 6) is -0.251. The molecule has 0 saturated carbocycles. The van der Waals surface area contributed by atoms with Gasteiger partial charge in [-0.05, 0) is 43.7 Å². The second-order valence-corrected chi connectivity index (χ2v) is 8.45. The minimum atomic E-state index is -1.11. The Bertz CT molecular complexity index is 1120. The zero-order valence-corrected chi connectivity index (χ0v) is 18.8. The molecular formula is C24H25ClN4O3. The normalized spacial score (nSPS) is 16.2. The number of aromatic nitrogens is 2. The Morgan fingerprint density at radius 2 is 2.03 bits per heavy atom. The molecule has 7 nitrogen and oxygen atoms in total. The standard InChI is InChI=1S/C24H25ClN4O3/c1-15-4-3-5-16(8-15)11-26-24-27-12-18(13-28-24)17-9-20(23(30)31)22(25)21(10-17)32-19-6-7-29(2)14-19/h3-5,8-10,12-13,19H,6-7,11,14H2,1-2H3,(H,30,31)(H,26,27,28). The van der Waals surface area contributed by atoms with Gasteiger partial charge < -0.3 is 20.1 Å². The van der Waals surface area contributed by atoms with E-state index in [-0.39, 0.29) is 16.7 Å². The Hall–Kier alpha value is -3.16. The number of nitrogens with one attached hydrogen (secondary N) is 1. The third-order valence-electron chi connectivity index (χ3n) is 5.43. The lowest BCUT2D eigenvalue weighted by Crippen LogP contribution is -2.21. The minimum Gasteiger partial charge on any atom is -0.487 e. The van der Waals surface area contributed by atoms with Crippen LogP contribution in [0.1, 0.15) is 27.9 Å². The Labute approximate surface area is 192 Å². The maximum absolute atomic E-state index is 11.8. The number of carbonyl (C=O) groups is 1. The van der Waals surface area contributed by atoms with Crippen molar-refractivity contribution in [3.8, 4) is 16.9 Å². The number of carboxylic acids is 1. The average molecular weight is 453 g/mol. The van der Waals surface area contributed by atoms with Crippen molar-refractivity contribution in [3.05, 3.63) is 70.5 Å². The molecule has 1 fully saturated rings. The summed E-state index contributed by atoms with van der Waals surface area (Å²) in [7, 11) is 2.02. The molecular weight excluding hydrogens is 428 g/mol. The molecule has 2 N–H and O–H groups in total. The summed E-state index contributed by atoms with van der Waals surface area (Å²) in [6, 6.07) is 11.5. The van der Waals surface area contributed by atoms with E-state index < -0.39 is 5.97 Å². The van der Waals surface area contributed by atoms with E-state index in [1.54, 1.807) is 18.5 Å². The zero-order valence-electron chi connectivity index (χ0n) is 18.0. The fourth-order valence-electron chi connectivity index (χ4n) is 3.75. The van der Waals surface area contributed by atoms with E-state index in [0.717, 1.165) is 25.1 Å². The molecule has 32 heavy (non-hydrogen) atoms. The van der Waals surface area contributed by atoms with E-state index in [1.807, 2.05) is 19.2 Å². The van der Waals surface area contributed by atoms with E-state index in [9.17, 15) is 9.90 Å². The maximum Gasteiger partial charge on any atom is 0.337 e. The Balaban J connectivity index is 1.54. The first-order valence-electron chi connectivity index (χ1n) is 10.4. The van der Waals surface area contributed by atoms with Crippen LogP contribution >= 0.6 is 11.6 Å². The van der Waals surface area contributed by atoms with Crippen molar-refractivity contribution < 1.29 is 14.6 Å². The van der Waals surface area contributed by atoms with E-state index >= 15 is 0 Å². The zero-order chi connectivity index (χ0) is 22.7. The van der Waals surface area contributed by atoms with Crippen LogP contribution < -0.4 is 10.1 Å². The van der Waals surface area contributed by atoms with Gasteiger partial charge in [0.15, 0.2) is 0 Å². The highest BCUT2D eigenvalue weighted by atomic mass is 35.5. The van der Waals surface area contributed by atoms with Crippen LogP contribution in [0.3, 0.4) is 0 Å². The van der Waals surface area contributed by atoms with Gasteiger partial charge in [-0.3, -0.25) is 0 Å². The molecule has 0 aliphatic carbocycles. The van der Waals surface area contributed by atoms with Crippen molar-refractivity contribution in [2.75, 3.05) is 25.5 Å². The smallest absolute Gasteiger partial charge is 0.337 e. The number of aromatic carboxylic acids is 1. The maximum atomic E-state index is 11.8. The van der Waals surface area contributed by atoms with Gasteiger partial charge in [0.2, 0.25) is 5.95 Å². The first kappa shape index (κ1) is 22.0. The molecule has 0 bridgehead atoms. The van der Waals surface area contributed by atoms with Crippen LogP contribution in [0.25, 0.3) is 11.1 Å². The third kappa shape index (κ3) is 5.18. The second-order valence-electron chi connectivity index (χ2n) is 8.07. The number of rotatable bonds is 7. The predicted octanol–water partition coefficient (Wildman–Crippen LogP) is 4.50. The number of likely N-dealkylation sites (N-methyl/N-ethyl adjacent to an activating group) is 1. The fraction of sp³-hybridized carbons (Fsp3) is 0.292. The van der Waals surface area contributed by atoms with Crippen molar-refractivity contribution in [1.29, 1.82) is 0 Å². The second kappa shape index (κ2) is 9.54. The van der Waals surface area contributed by atoms with Gasteiger partial charge in [0.05, 0.1) is 10.6 Å². The summed E-state index contributed by atoms with van der Waals surface area (Å²) in [6.07, 6.45) is 4.16. The quantitative estimate of drug-likeness (QED) is 0.545. The molecule has 1 aliphatic heterocycles. The number of likely N-dealkylation sites (tertiary alicyclic amines) is 1. The first-order chi connectivity index (χ1) is 15.4. The summed E-state index contributed by atoms with van der Waals surface area (Å²) in [6.45, 7) is 4.36. The number of hydrogen-bond acceptors (Lipinski definition) is 6. The summed E-state index contributed by atoms with van der Waals surface area (Å²) in [5, 5.41) is 12.9. The van der Waals surface area contributed by atoms with E-state index in [4.69, 9.17) is 16.3 Å². The van der Waals surface area contributed by atoms with Gasteiger partial charge in [-0.25, -0.2) is 14.8 Å². The largest absolute Gasteiger partial charge is 0.487 e. The van der Waals surface area contributed by atoms with Crippen molar-refractivity contribution in [3.63, 3.8) is 0 Å². The van der Waals surface area contributed by atoms with Gasteiger partial charge in [0.1, 0.15) is 11.9 Å².